The summed E-state index contributed by atoms with van der Waals surface area (Å²) >= 11 is 0. The van der Waals surface area contributed by atoms with E-state index in [1.807, 2.05) is 0 Å². The number of ether oxygens (including phenoxy) is 2. The largest absolute Gasteiger partial charge is 0.465 e. The lowest BCUT2D eigenvalue weighted by molar-refractivity contribution is -0.0170. The maximum absolute atomic E-state index is 13.5. The molecule has 0 saturated carbocycles. The summed E-state index contributed by atoms with van der Waals surface area (Å²) in [5.74, 6) is -1.56. The first kappa shape index (κ1) is 16.9. The molecule has 0 aromatic heterocycles. The molecule has 2 rings (SSSR count). The summed E-state index contributed by atoms with van der Waals surface area (Å²) in [6.45, 7) is 3.83. The van der Waals surface area contributed by atoms with Crippen molar-refractivity contribution in [2.45, 2.75) is 30.9 Å². The zero-order chi connectivity index (χ0) is 16.5. The second-order valence-electron chi connectivity index (χ2n) is 5.20. The molecule has 0 N–H and O–H groups in total. The molecule has 1 heterocycles. The molecule has 0 unspecified atom stereocenters. The van der Waals surface area contributed by atoms with Crippen LogP contribution in [0.5, 0.6) is 0 Å². The van der Waals surface area contributed by atoms with Crippen molar-refractivity contribution in [3.8, 4) is 0 Å². The first-order valence-corrected chi connectivity index (χ1v) is 8.22. The fraction of sp³-hybridized carbons (Fsp3) is 0.500. The highest BCUT2D eigenvalue weighted by atomic mass is 32.2. The van der Waals surface area contributed by atoms with E-state index in [1.54, 1.807) is 13.8 Å². The van der Waals surface area contributed by atoms with Gasteiger partial charge in [-0.1, -0.05) is 0 Å². The summed E-state index contributed by atoms with van der Waals surface area (Å²) in [5, 5.41) is 0. The first-order valence-electron chi connectivity index (χ1n) is 6.78. The summed E-state index contributed by atoms with van der Waals surface area (Å²) in [7, 11) is -2.90. The molecule has 0 bridgehead atoms. The van der Waals surface area contributed by atoms with Crippen molar-refractivity contribution in [2.24, 2.45) is 0 Å². The van der Waals surface area contributed by atoms with Crippen LogP contribution in [-0.2, 0) is 19.5 Å². The van der Waals surface area contributed by atoms with Crippen molar-refractivity contribution in [3.05, 3.63) is 29.6 Å². The number of hydrogen-bond donors (Lipinski definition) is 0. The Balaban J connectivity index is 2.53. The summed E-state index contributed by atoms with van der Waals surface area (Å²) < 4.78 is 50.4. The van der Waals surface area contributed by atoms with Crippen molar-refractivity contribution < 1.29 is 27.1 Å². The van der Waals surface area contributed by atoms with Gasteiger partial charge in [-0.05, 0) is 32.0 Å². The van der Waals surface area contributed by atoms with Gasteiger partial charge in [0.2, 0.25) is 10.0 Å². The second-order valence-corrected chi connectivity index (χ2v) is 7.06. The smallest absolute Gasteiger partial charge is 0.339 e. The van der Waals surface area contributed by atoms with Gasteiger partial charge in [0.25, 0.3) is 0 Å². The second kappa shape index (κ2) is 6.31. The Kier molecular flexibility index (Phi) is 4.84. The Morgan fingerprint density at radius 1 is 1.41 bits per heavy atom. The molecular weight excluding hydrogens is 313 g/mol. The number of benzene rings is 1. The topological polar surface area (TPSA) is 72.9 Å². The number of carbonyl (C=O) groups is 1. The SMILES string of the molecule is COC(=O)c1ccc(F)cc1S(=O)(=O)N1C[C@@H](C)OC[C@H]1C. The average molecular weight is 331 g/mol. The zero-order valence-corrected chi connectivity index (χ0v) is 13.4. The molecule has 122 valence electrons. The van der Waals surface area contributed by atoms with Crippen LogP contribution < -0.4 is 0 Å². The molecule has 8 heteroatoms. The van der Waals surface area contributed by atoms with Crippen LogP contribution in [0.1, 0.15) is 24.2 Å². The van der Waals surface area contributed by atoms with E-state index in [0.717, 1.165) is 25.3 Å². The first-order chi connectivity index (χ1) is 10.3. The normalized spacial score (nSPS) is 23.3. The molecule has 0 amide bonds. The van der Waals surface area contributed by atoms with Crippen LogP contribution in [0.15, 0.2) is 23.1 Å². The van der Waals surface area contributed by atoms with Gasteiger partial charge in [-0.15, -0.1) is 0 Å². The maximum Gasteiger partial charge on any atom is 0.339 e. The van der Waals surface area contributed by atoms with E-state index in [2.05, 4.69) is 4.74 Å². The van der Waals surface area contributed by atoms with Crippen molar-refractivity contribution in [1.29, 1.82) is 0 Å². The lowest BCUT2D eigenvalue weighted by atomic mass is 10.2. The summed E-state index contributed by atoms with van der Waals surface area (Å²) in [5.41, 5.74) is -0.185. The molecule has 1 saturated heterocycles. The Labute approximate surface area is 128 Å². The van der Waals surface area contributed by atoms with E-state index in [1.165, 1.54) is 4.31 Å². The van der Waals surface area contributed by atoms with E-state index in [9.17, 15) is 17.6 Å². The van der Waals surface area contributed by atoms with E-state index in [0.29, 0.717) is 0 Å². The van der Waals surface area contributed by atoms with Crippen molar-refractivity contribution >= 4 is 16.0 Å². The zero-order valence-electron chi connectivity index (χ0n) is 12.6. The minimum absolute atomic E-state index is 0.140. The van der Waals surface area contributed by atoms with E-state index >= 15 is 0 Å². The highest BCUT2D eigenvalue weighted by Gasteiger charge is 2.36. The molecule has 0 spiro atoms. The van der Waals surface area contributed by atoms with Crippen LogP contribution in [0.4, 0.5) is 4.39 Å². The number of methoxy groups -OCH3 is 1. The quantitative estimate of drug-likeness (QED) is 0.783. The van der Waals surface area contributed by atoms with E-state index in [-0.39, 0.29) is 29.7 Å². The molecule has 1 aliphatic rings. The predicted octanol–water partition coefficient (Wildman–Crippen LogP) is 1.41. The van der Waals surface area contributed by atoms with Crippen LogP contribution in [0.25, 0.3) is 0 Å². The monoisotopic (exact) mass is 331 g/mol. The third-order valence-electron chi connectivity index (χ3n) is 3.49. The predicted molar refractivity (Wildman–Crippen MR) is 76.5 cm³/mol. The summed E-state index contributed by atoms with van der Waals surface area (Å²) in [6, 6.07) is 2.57. The van der Waals surface area contributed by atoms with Gasteiger partial charge in [0, 0.05) is 12.6 Å². The van der Waals surface area contributed by atoms with Gasteiger partial charge in [-0.3, -0.25) is 0 Å². The van der Waals surface area contributed by atoms with Crippen molar-refractivity contribution in [1.82, 2.24) is 4.31 Å². The molecule has 1 aromatic carbocycles. The van der Waals surface area contributed by atoms with Gasteiger partial charge in [-0.2, -0.15) is 4.31 Å². The van der Waals surface area contributed by atoms with Crippen LogP contribution in [0.3, 0.4) is 0 Å². The van der Waals surface area contributed by atoms with Crippen molar-refractivity contribution in [2.75, 3.05) is 20.3 Å². The summed E-state index contributed by atoms with van der Waals surface area (Å²) in [4.78, 5) is 11.4. The van der Waals surface area contributed by atoms with Gasteiger partial charge < -0.3 is 9.47 Å². The minimum atomic E-state index is -4.04. The minimum Gasteiger partial charge on any atom is -0.465 e. The van der Waals surface area contributed by atoms with Crippen molar-refractivity contribution in [3.63, 3.8) is 0 Å². The van der Waals surface area contributed by atoms with Crippen LogP contribution in [0, 0.1) is 5.82 Å². The molecule has 1 aliphatic heterocycles. The van der Waals surface area contributed by atoms with E-state index < -0.39 is 27.9 Å². The van der Waals surface area contributed by atoms with Gasteiger partial charge in [-0.25, -0.2) is 17.6 Å². The number of nitrogens with zero attached hydrogens (tertiary/aromatic N) is 1. The molecule has 1 aromatic rings. The lowest BCUT2D eigenvalue weighted by Crippen LogP contribution is -2.50. The fourth-order valence-electron chi connectivity index (χ4n) is 2.32. The number of hydrogen-bond acceptors (Lipinski definition) is 5. The fourth-order valence-corrected chi connectivity index (χ4v) is 4.21. The molecule has 6 nitrogen and oxygen atoms in total. The van der Waals surface area contributed by atoms with Crippen LogP contribution >= 0.6 is 0 Å². The molecular formula is C14H18FNO5S. The number of carbonyl (C=O) groups excluding carboxylic acids is 1. The highest BCUT2D eigenvalue weighted by molar-refractivity contribution is 7.89. The van der Waals surface area contributed by atoms with Crippen LogP contribution in [0.2, 0.25) is 0 Å². The van der Waals surface area contributed by atoms with Crippen LogP contribution in [-0.4, -0.2) is 51.1 Å². The molecule has 1 fully saturated rings. The molecule has 22 heavy (non-hydrogen) atoms. The third kappa shape index (κ3) is 3.13. The molecule has 0 radical (unpaired) electrons. The molecule has 2 atom stereocenters. The Hall–Kier alpha value is -1.51. The maximum atomic E-state index is 13.5. The molecule has 0 aliphatic carbocycles. The Morgan fingerprint density at radius 3 is 2.73 bits per heavy atom. The average Bonchev–Trinajstić information content (AvgIpc) is 2.48. The number of esters is 1. The van der Waals surface area contributed by atoms with Gasteiger partial charge in [0.05, 0.1) is 30.3 Å². The lowest BCUT2D eigenvalue weighted by Gasteiger charge is -2.35. The third-order valence-corrected chi connectivity index (χ3v) is 5.51. The Morgan fingerprint density at radius 2 is 2.09 bits per heavy atom. The van der Waals surface area contributed by atoms with Gasteiger partial charge in [0.15, 0.2) is 0 Å². The standard InChI is InChI=1S/C14H18FNO5S/c1-9-8-21-10(2)7-16(9)22(18,19)13-6-11(15)4-5-12(13)14(17)20-3/h4-6,9-10H,7-8H2,1-3H3/t9-,10-/m1/s1. The summed E-state index contributed by atoms with van der Waals surface area (Å²) in [6.07, 6.45) is -0.277. The number of halogens is 1. The number of rotatable bonds is 3. The van der Waals surface area contributed by atoms with Gasteiger partial charge in [0.1, 0.15) is 5.82 Å². The number of morpholine rings is 1. The van der Waals surface area contributed by atoms with Gasteiger partial charge >= 0.3 is 5.97 Å². The Bertz CT molecular complexity index is 676. The van der Waals surface area contributed by atoms with E-state index in [4.69, 9.17) is 4.74 Å². The number of sulfonamides is 1. The highest BCUT2D eigenvalue weighted by Crippen LogP contribution is 2.26.